The van der Waals surface area contributed by atoms with Crippen LogP contribution in [-0.4, -0.2) is 40.4 Å². The maximum absolute atomic E-state index is 12.9. The highest BCUT2D eigenvalue weighted by Crippen LogP contribution is 2.43. The van der Waals surface area contributed by atoms with Gasteiger partial charge >= 0.3 is 5.97 Å². The van der Waals surface area contributed by atoms with Crippen molar-refractivity contribution in [3.05, 3.63) is 41.1 Å². The Bertz CT molecular complexity index is 845. The van der Waals surface area contributed by atoms with Crippen LogP contribution >= 0.6 is 11.8 Å². The van der Waals surface area contributed by atoms with Gasteiger partial charge in [0, 0.05) is 0 Å². The van der Waals surface area contributed by atoms with Crippen LogP contribution in [0.3, 0.4) is 0 Å². The number of rotatable bonds is 7. The second kappa shape index (κ2) is 9.03. The summed E-state index contributed by atoms with van der Waals surface area (Å²) in [6, 6.07) is 7.04. The Hall–Kier alpha value is -2.28. The molecule has 1 aromatic carbocycles. The zero-order valence-electron chi connectivity index (χ0n) is 17.6. The molecule has 1 amide bonds. The average molecular weight is 417 g/mol. The van der Waals surface area contributed by atoms with E-state index in [1.807, 2.05) is 31.2 Å². The summed E-state index contributed by atoms with van der Waals surface area (Å²) in [5, 5.41) is 0.402. The Morgan fingerprint density at radius 1 is 1.28 bits per heavy atom. The second-order valence-electron chi connectivity index (χ2n) is 7.58. The summed E-state index contributed by atoms with van der Waals surface area (Å²) in [7, 11) is 0. The number of thioether (sulfide) groups is 1. The first-order valence-electron chi connectivity index (χ1n) is 10.0. The van der Waals surface area contributed by atoms with Crippen LogP contribution in [0.5, 0.6) is 5.75 Å². The van der Waals surface area contributed by atoms with Gasteiger partial charge in [0.25, 0.3) is 0 Å². The van der Waals surface area contributed by atoms with Crippen molar-refractivity contribution in [1.82, 2.24) is 4.90 Å². The molecule has 156 valence electrons. The predicted octanol–water partition coefficient (Wildman–Crippen LogP) is 4.32. The third-order valence-corrected chi connectivity index (χ3v) is 5.97. The van der Waals surface area contributed by atoms with E-state index in [4.69, 9.17) is 9.47 Å². The third kappa shape index (κ3) is 4.50. The van der Waals surface area contributed by atoms with Gasteiger partial charge in [0.1, 0.15) is 5.75 Å². The van der Waals surface area contributed by atoms with E-state index >= 15 is 0 Å². The predicted molar refractivity (Wildman–Crippen MR) is 115 cm³/mol. The average Bonchev–Trinajstić information content (AvgIpc) is 2.94. The smallest absolute Gasteiger partial charge is 0.338 e. The van der Waals surface area contributed by atoms with Crippen LogP contribution in [0.15, 0.2) is 40.5 Å². The highest BCUT2D eigenvalue weighted by molar-refractivity contribution is 8.15. The molecule has 29 heavy (non-hydrogen) atoms. The molecule has 2 atom stereocenters. The van der Waals surface area contributed by atoms with Crippen molar-refractivity contribution in [3.63, 3.8) is 0 Å². The number of nitrogens with zero attached hydrogens (tertiary/aromatic N) is 2. The molecule has 0 N–H and O–H groups in total. The molecule has 3 rings (SSSR count). The summed E-state index contributed by atoms with van der Waals surface area (Å²) in [5.41, 5.74) is 1.83. The fourth-order valence-electron chi connectivity index (χ4n) is 3.35. The Morgan fingerprint density at radius 2 is 1.97 bits per heavy atom. The van der Waals surface area contributed by atoms with E-state index in [1.165, 1.54) is 11.8 Å². The molecule has 0 radical (unpaired) electrons. The van der Waals surface area contributed by atoms with Gasteiger partial charge in [0.2, 0.25) is 5.91 Å². The topological polar surface area (TPSA) is 68.2 Å². The summed E-state index contributed by atoms with van der Waals surface area (Å²) in [6.07, 6.45) is 0.983. The molecule has 2 aliphatic heterocycles. The van der Waals surface area contributed by atoms with E-state index in [0.29, 0.717) is 29.0 Å². The number of fused-ring (bicyclic) bond motifs is 1. The van der Waals surface area contributed by atoms with Crippen LogP contribution in [0, 0.1) is 5.92 Å². The Kier molecular flexibility index (Phi) is 6.67. The number of carbonyl (C=O) groups is 2. The first kappa shape index (κ1) is 21.4. The fourth-order valence-corrected chi connectivity index (χ4v) is 4.38. The normalized spacial score (nSPS) is 21.4. The number of allylic oxidation sites excluding steroid dienone is 1. The Labute approximate surface area is 176 Å². The largest absolute Gasteiger partial charge is 0.494 e. The molecule has 2 unspecified atom stereocenters. The number of benzene rings is 1. The molecule has 2 aliphatic rings. The van der Waals surface area contributed by atoms with Gasteiger partial charge in [0.15, 0.2) is 5.17 Å². The van der Waals surface area contributed by atoms with Gasteiger partial charge in [0.05, 0.1) is 35.8 Å². The molecule has 6 nitrogen and oxygen atoms in total. The molecule has 1 saturated heterocycles. The maximum atomic E-state index is 12.9. The molecule has 1 fully saturated rings. The zero-order chi connectivity index (χ0) is 21.1. The summed E-state index contributed by atoms with van der Waals surface area (Å²) in [6.45, 7) is 10.7. The summed E-state index contributed by atoms with van der Waals surface area (Å²) < 4.78 is 11.1. The number of hydrogen-bond donors (Lipinski definition) is 0. The van der Waals surface area contributed by atoms with Crippen LogP contribution in [0.2, 0.25) is 0 Å². The van der Waals surface area contributed by atoms with E-state index in [2.05, 4.69) is 18.8 Å². The van der Waals surface area contributed by atoms with E-state index in [-0.39, 0.29) is 17.8 Å². The van der Waals surface area contributed by atoms with Crippen LogP contribution in [-0.2, 0) is 14.3 Å². The number of carbonyl (C=O) groups excluding carboxylic acids is 2. The van der Waals surface area contributed by atoms with Crippen molar-refractivity contribution < 1.29 is 19.1 Å². The molecule has 0 saturated carbocycles. The molecule has 7 heteroatoms. The minimum Gasteiger partial charge on any atom is -0.494 e. The molecule has 1 aromatic rings. The van der Waals surface area contributed by atoms with Gasteiger partial charge in [-0.05, 0) is 50.8 Å². The van der Waals surface area contributed by atoms with Gasteiger partial charge in [-0.3, -0.25) is 9.69 Å². The lowest BCUT2D eigenvalue weighted by atomic mass is 9.94. The summed E-state index contributed by atoms with van der Waals surface area (Å²) >= 11 is 1.42. The number of aliphatic imine (C=N–C) groups is 1. The van der Waals surface area contributed by atoms with Crippen molar-refractivity contribution >= 4 is 28.8 Å². The van der Waals surface area contributed by atoms with Gasteiger partial charge in [-0.15, -0.1) is 0 Å². The number of amidine groups is 1. The van der Waals surface area contributed by atoms with Gasteiger partial charge in [-0.25, -0.2) is 9.79 Å². The van der Waals surface area contributed by atoms with Crippen molar-refractivity contribution in [2.24, 2.45) is 10.9 Å². The first-order chi connectivity index (χ1) is 13.8. The van der Waals surface area contributed by atoms with Gasteiger partial charge in [-0.1, -0.05) is 37.7 Å². The van der Waals surface area contributed by atoms with Crippen molar-refractivity contribution in [2.45, 2.75) is 52.3 Å². The van der Waals surface area contributed by atoms with Crippen LogP contribution in [0.4, 0.5) is 0 Å². The lowest BCUT2D eigenvalue weighted by Gasteiger charge is -2.33. The van der Waals surface area contributed by atoms with Crippen LogP contribution in [0.25, 0.3) is 0 Å². The van der Waals surface area contributed by atoms with Gasteiger partial charge < -0.3 is 9.47 Å². The number of amides is 1. The minimum absolute atomic E-state index is 0.0506. The van der Waals surface area contributed by atoms with Crippen molar-refractivity contribution in [2.75, 3.05) is 13.2 Å². The van der Waals surface area contributed by atoms with Crippen molar-refractivity contribution in [3.8, 4) is 5.75 Å². The number of hydrogen-bond acceptors (Lipinski definition) is 6. The standard InChI is InChI=1S/C22H28N2O4S/c1-6-27-21(26)18-14(4)23-22-24(20(25)15(5)29-22)19(18)16-7-9-17(10-8-16)28-12-11-13(2)3/h7-10,13,15,19H,6,11-12H2,1-5H3. The molecule has 0 aromatic heterocycles. The maximum Gasteiger partial charge on any atom is 0.338 e. The molecule has 0 bridgehead atoms. The third-order valence-electron chi connectivity index (χ3n) is 4.91. The molecule has 0 spiro atoms. The Balaban J connectivity index is 1.93. The van der Waals surface area contributed by atoms with Crippen LogP contribution in [0.1, 0.15) is 52.6 Å². The zero-order valence-corrected chi connectivity index (χ0v) is 18.4. The SMILES string of the molecule is CCOC(=O)C1=C(C)N=C2SC(C)C(=O)N2C1c1ccc(OCCC(C)C)cc1. The van der Waals surface area contributed by atoms with E-state index in [0.717, 1.165) is 17.7 Å². The highest BCUT2D eigenvalue weighted by Gasteiger charge is 2.46. The van der Waals surface area contributed by atoms with Gasteiger partial charge in [-0.2, -0.15) is 0 Å². The monoisotopic (exact) mass is 416 g/mol. The molecule has 2 heterocycles. The van der Waals surface area contributed by atoms with E-state index in [1.54, 1.807) is 18.7 Å². The lowest BCUT2D eigenvalue weighted by Crippen LogP contribution is -2.40. The van der Waals surface area contributed by atoms with Crippen LogP contribution < -0.4 is 4.74 Å². The van der Waals surface area contributed by atoms with E-state index in [9.17, 15) is 9.59 Å². The van der Waals surface area contributed by atoms with E-state index < -0.39 is 12.0 Å². The lowest BCUT2D eigenvalue weighted by molar-refractivity contribution is -0.139. The Morgan fingerprint density at radius 3 is 2.59 bits per heavy atom. The molecular weight excluding hydrogens is 388 g/mol. The summed E-state index contributed by atoms with van der Waals surface area (Å²) in [5.74, 6) is 0.862. The minimum atomic E-state index is -0.545. The second-order valence-corrected chi connectivity index (χ2v) is 8.89. The molecule has 0 aliphatic carbocycles. The summed E-state index contributed by atoms with van der Waals surface area (Å²) in [4.78, 5) is 31.7. The first-order valence-corrected chi connectivity index (χ1v) is 10.9. The molecular formula is C22H28N2O4S. The fraction of sp³-hybridized carbons (Fsp3) is 0.500. The van der Waals surface area contributed by atoms with Crippen molar-refractivity contribution in [1.29, 1.82) is 0 Å². The highest BCUT2D eigenvalue weighted by atomic mass is 32.2. The number of ether oxygens (including phenoxy) is 2. The quantitative estimate of drug-likeness (QED) is 0.619. The number of esters is 1.